The molecular formula is C21H32N4O2. The van der Waals surface area contributed by atoms with Crippen molar-refractivity contribution in [1.82, 2.24) is 14.7 Å². The maximum absolute atomic E-state index is 13.4. The minimum Gasteiger partial charge on any atom is -0.370 e. The van der Waals surface area contributed by atoms with E-state index >= 15 is 0 Å². The van der Waals surface area contributed by atoms with E-state index < -0.39 is 0 Å². The summed E-state index contributed by atoms with van der Waals surface area (Å²) < 4.78 is 0. The number of piperazine rings is 1. The van der Waals surface area contributed by atoms with Gasteiger partial charge in [-0.1, -0.05) is 30.3 Å². The van der Waals surface area contributed by atoms with Crippen molar-refractivity contribution < 1.29 is 9.59 Å². The Morgan fingerprint density at radius 2 is 1.67 bits per heavy atom. The molecule has 27 heavy (non-hydrogen) atoms. The van der Waals surface area contributed by atoms with E-state index in [1.807, 2.05) is 23.1 Å². The van der Waals surface area contributed by atoms with Gasteiger partial charge >= 0.3 is 0 Å². The molecule has 2 fully saturated rings. The van der Waals surface area contributed by atoms with Gasteiger partial charge in [0.2, 0.25) is 11.8 Å². The highest BCUT2D eigenvalue weighted by Crippen LogP contribution is 2.28. The largest absolute Gasteiger partial charge is 0.370 e. The summed E-state index contributed by atoms with van der Waals surface area (Å²) in [7, 11) is 2.13. The second-order valence-electron chi connectivity index (χ2n) is 7.93. The molecule has 0 spiro atoms. The fraction of sp³-hybridized carbons (Fsp3) is 0.619. The first-order valence-electron chi connectivity index (χ1n) is 10.1. The number of carbonyl (C=O) groups is 2. The van der Waals surface area contributed by atoms with E-state index in [9.17, 15) is 9.59 Å². The van der Waals surface area contributed by atoms with E-state index in [4.69, 9.17) is 5.73 Å². The fourth-order valence-corrected chi connectivity index (χ4v) is 4.19. The molecular weight excluding hydrogens is 340 g/mol. The Bertz CT molecular complexity index is 620. The molecule has 0 aliphatic carbocycles. The van der Waals surface area contributed by atoms with Gasteiger partial charge in [0.05, 0.1) is 0 Å². The lowest BCUT2D eigenvalue weighted by Gasteiger charge is -2.41. The quantitative estimate of drug-likeness (QED) is 0.821. The summed E-state index contributed by atoms with van der Waals surface area (Å²) in [5, 5.41) is 0. The molecule has 2 heterocycles. The van der Waals surface area contributed by atoms with Gasteiger partial charge in [-0.2, -0.15) is 0 Å². The van der Waals surface area contributed by atoms with Crippen molar-refractivity contribution in [3.8, 4) is 0 Å². The first-order chi connectivity index (χ1) is 13.0. The number of hydrogen-bond acceptors (Lipinski definition) is 4. The van der Waals surface area contributed by atoms with Gasteiger partial charge in [-0.25, -0.2) is 0 Å². The van der Waals surface area contributed by atoms with Gasteiger partial charge in [0, 0.05) is 45.7 Å². The SMILES string of the molecule is CN1CCN([C@@H](C(=O)N2CCC(CCC(N)=O)CC2)c2ccccc2)CC1. The third kappa shape index (κ3) is 5.30. The van der Waals surface area contributed by atoms with Crippen LogP contribution in [0.15, 0.2) is 30.3 Å². The molecule has 6 heteroatoms. The van der Waals surface area contributed by atoms with Crippen molar-refractivity contribution >= 4 is 11.8 Å². The van der Waals surface area contributed by atoms with Crippen molar-refractivity contribution in [2.45, 2.75) is 31.7 Å². The summed E-state index contributed by atoms with van der Waals surface area (Å²) in [6.07, 6.45) is 3.22. The van der Waals surface area contributed by atoms with Crippen molar-refractivity contribution in [2.24, 2.45) is 11.7 Å². The van der Waals surface area contributed by atoms with Gasteiger partial charge in [-0.15, -0.1) is 0 Å². The lowest BCUT2D eigenvalue weighted by molar-refractivity contribution is -0.139. The predicted molar refractivity (Wildman–Crippen MR) is 106 cm³/mol. The molecule has 1 aromatic carbocycles. The Labute approximate surface area is 162 Å². The van der Waals surface area contributed by atoms with Crippen LogP contribution >= 0.6 is 0 Å². The number of nitrogens with two attached hydrogens (primary N) is 1. The fourth-order valence-electron chi connectivity index (χ4n) is 4.19. The van der Waals surface area contributed by atoms with E-state index in [0.717, 1.165) is 64.1 Å². The van der Waals surface area contributed by atoms with Crippen molar-refractivity contribution in [3.05, 3.63) is 35.9 Å². The number of piperidine rings is 1. The molecule has 0 unspecified atom stereocenters. The summed E-state index contributed by atoms with van der Waals surface area (Å²) in [6, 6.07) is 9.98. The summed E-state index contributed by atoms with van der Waals surface area (Å²) in [6.45, 7) is 5.37. The Morgan fingerprint density at radius 3 is 2.26 bits per heavy atom. The van der Waals surface area contributed by atoms with Crippen LogP contribution in [0, 0.1) is 5.92 Å². The maximum Gasteiger partial charge on any atom is 0.244 e. The van der Waals surface area contributed by atoms with Crippen molar-refractivity contribution in [3.63, 3.8) is 0 Å². The lowest BCUT2D eigenvalue weighted by atomic mass is 9.91. The zero-order valence-electron chi connectivity index (χ0n) is 16.3. The average molecular weight is 373 g/mol. The third-order valence-electron chi connectivity index (χ3n) is 5.98. The number of benzene rings is 1. The summed E-state index contributed by atoms with van der Waals surface area (Å²) in [4.78, 5) is 31.1. The molecule has 2 amide bonds. The Morgan fingerprint density at radius 1 is 1.04 bits per heavy atom. The number of nitrogens with zero attached hydrogens (tertiary/aromatic N) is 3. The molecule has 2 aliphatic heterocycles. The van der Waals surface area contributed by atoms with E-state index in [-0.39, 0.29) is 17.9 Å². The minimum absolute atomic E-state index is 0.193. The van der Waals surface area contributed by atoms with Gasteiger partial charge in [0.15, 0.2) is 0 Å². The molecule has 6 nitrogen and oxygen atoms in total. The van der Waals surface area contributed by atoms with Crippen LogP contribution in [0.1, 0.15) is 37.3 Å². The molecule has 2 N–H and O–H groups in total. The zero-order valence-corrected chi connectivity index (χ0v) is 16.3. The molecule has 0 bridgehead atoms. The molecule has 2 saturated heterocycles. The molecule has 0 aromatic heterocycles. The second-order valence-corrected chi connectivity index (χ2v) is 7.93. The predicted octanol–water partition coefficient (Wildman–Crippen LogP) is 1.48. The van der Waals surface area contributed by atoms with Crippen LogP contribution in [-0.2, 0) is 9.59 Å². The van der Waals surface area contributed by atoms with Gasteiger partial charge < -0.3 is 15.5 Å². The number of carbonyl (C=O) groups excluding carboxylic acids is 2. The molecule has 148 valence electrons. The smallest absolute Gasteiger partial charge is 0.244 e. The highest BCUT2D eigenvalue weighted by atomic mass is 16.2. The number of amides is 2. The van der Waals surface area contributed by atoms with Gasteiger partial charge in [-0.3, -0.25) is 14.5 Å². The summed E-state index contributed by atoms with van der Waals surface area (Å²) >= 11 is 0. The topological polar surface area (TPSA) is 69.9 Å². The highest BCUT2D eigenvalue weighted by molar-refractivity contribution is 5.83. The van der Waals surface area contributed by atoms with Crippen LogP contribution in [0.5, 0.6) is 0 Å². The van der Waals surface area contributed by atoms with Crippen LogP contribution in [0.4, 0.5) is 0 Å². The minimum atomic E-state index is -0.229. The molecule has 2 aliphatic rings. The number of likely N-dealkylation sites (N-methyl/N-ethyl adjacent to an activating group) is 1. The van der Waals surface area contributed by atoms with Crippen LogP contribution in [0.25, 0.3) is 0 Å². The summed E-state index contributed by atoms with van der Waals surface area (Å²) in [5.74, 6) is 0.493. The Kier molecular flexibility index (Phi) is 6.85. The monoisotopic (exact) mass is 372 g/mol. The number of rotatable bonds is 6. The molecule has 0 saturated carbocycles. The standard InChI is InChI=1S/C21H32N4O2/c1-23-13-15-24(16-14-23)20(18-5-3-2-4-6-18)21(27)25-11-9-17(10-12-25)7-8-19(22)26/h2-6,17,20H,7-16H2,1H3,(H2,22,26)/t20-/m1/s1. The van der Waals surface area contributed by atoms with E-state index in [1.165, 1.54) is 0 Å². The van der Waals surface area contributed by atoms with Gasteiger partial charge in [0.25, 0.3) is 0 Å². The molecule has 1 aromatic rings. The maximum atomic E-state index is 13.4. The average Bonchev–Trinajstić information content (AvgIpc) is 2.69. The molecule has 3 rings (SSSR count). The van der Waals surface area contributed by atoms with Crippen molar-refractivity contribution in [2.75, 3.05) is 46.3 Å². The van der Waals surface area contributed by atoms with E-state index in [1.54, 1.807) is 0 Å². The van der Waals surface area contributed by atoms with Crippen LogP contribution in [-0.4, -0.2) is 72.8 Å². The number of primary amides is 1. The van der Waals surface area contributed by atoms with Crippen LogP contribution in [0.2, 0.25) is 0 Å². The lowest BCUT2D eigenvalue weighted by Crippen LogP contribution is -2.51. The number of hydrogen-bond donors (Lipinski definition) is 1. The Hall–Kier alpha value is -1.92. The zero-order chi connectivity index (χ0) is 19.2. The van der Waals surface area contributed by atoms with E-state index in [0.29, 0.717) is 12.3 Å². The normalized spacial score (nSPS) is 21.1. The first-order valence-corrected chi connectivity index (χ1v) is 10.1. The molecule has 0 radical (unpaired) electrons. The highest BCUT2D eigenvalue weighted by Gasteiger charge is 2.34. The van der Waals surface area contributed by atoms with Crippen molar-refractivity contribution in [1.29, 1.82) is 0 Å². The third-order valence-corrected chi connectivity index (χ3v) is 5.98. The number of likely N-dealkylation sites (tertiary alicyclic amines) is 1. The second kappa shape index (κ2) is 9.33. The van der Waals surface area contributed by atoms with Gasteiger partial charge in [0.1, 0.15) is 6.04 Å². The van der Waals surface area contributed by atoms with E-state index in [2.05, 4.69) is 29.0 Å². The Balaban J connectivity index is 1.66. The molecule has 1 atom stereocenters. The van der Waals surface area contributed by atoms with Crippen LogP contribution in [0.3, 0.4) is 0 Å². The van der Waals surface area contributed by atoms with Crippen LogP contribution < -0.4 is 5.73 Å². The van der Waals surface area contributed by atoms with Gasteiger partial charge in [-0.05, 0) is 37.8 Å². The first kappa shape index (κ1) is 19.8. The summed E-state index contributed by atoms with van der Waals surface area (Å²) in [5.41, 5.74) is 6.36.